The molecule has 0 bridgehead atoms. The Morgan fingerprint density at radius 2 is 2.14 bits per heavy atom. The first kappa shape index (κ1) is 18.4. The largest absolute Gasteiger partial charge is 0.465 e. The Labute approximate surface area is 130 Å². The van der Waals surface area contributed by atoms with Gasteiger partial charge in [0, 0.05) is 13.2 Å². The van der Waals surface area contributed by atoms with E-state index in [4.69, 9.17) is 9.47 Å². The van der Waals surface area contributed by atoms with Gasteiger partial charge in [-0.1, -0.05) is 20.3 Å². The lowest BCUT2D eigenvalue weighted by atomic mass is 9.85. The number of rotatable bonds is 10. The third kappa shape index (κ3) is 5.26. The average molecular weight is 299 g/mol. The summed E-state index contributed by atoms with van der Waals surface area (Å²) in [5.74, 6) is 0.977. The second kappa shape index (κ2) is 9.42. The third-order valence-corrected chi connectivity index (χ3v) is 4.59. The van der Waals surface area contributed by atoms with Gasteiger partial charge >= 0.3 is 5.97 Å². The van der Waals surface area contributed by atoms with Gasteiger partial charge in [-0.25, -0.2) is 0 Å². The lowest BCUT2D eigenvalue weighted by molar-refractivity contribution is -0.153. The quantitative estimate of drug-likeness (QED) is 0.497. The molecule has 0 heterocycles. The molecule has 1 aliphatic rings. The molecule has 0 aromatic rings. The van der Waals surface area contributed by atoms with Crippen LogP contribution < -0.4 is 5.32 Å². The van der Waals surface area contributed by atoms with Gasteiger partial charge in [-0.05, 0) is 57.9 Å². The van der Waals surface area contributed by atoms with Gasteiger partial charge in [-0.3, -0.25) is 4.79 Å². The highest BCUT2D eigenvalue weighted by atomic mass is 16.5. The highest BCUT2D eigenvalue weighted by Crippen LogP contribution is 2.38. The lowest BCUT2D eigenvalue weighted by Crippen LogP contribution is -2.54. The molecule has 2 atom stereocenters. The van der Waals surface area contributed by atoms with Gasteiger partial charge in [0.05, 0.1) is 6.61 Å². The standard InChI is InChI=1S/C17H33NO3/c1-5-21-16(19)17(18-4)11-6-9-15(17)10-13-20-12-7-8-14(2)3/h14-15,18H,5-13H2,1-4H3. The van der Waals surface area contributed by atoms with Crippen molar-refractivity contribution in [3.63, 3.8) is 0 Å². The summed E-state index contributed by atoms with van der Waals surface area (Å²) in [7, 11) is 1.87. The van der Waals surface area contributed by atoms with Crippen molar-refractivity contribution in [2.45, 2.75) is 64.8 Å². The molecule has 0 aromatic carbocycles. The van der Waals surface area contributed by atoms with Crippen molar-refractivity contribution in [1.29, 1.82) is 0 Å². The lowest BCUT2D eigenvalue weighted by Gasteiger charge is -2.32. The maximum Gasteiger partial charge on any atom is 0.326 e. The fourth-order valence-corrected chi connectivity index (χ4v) is 3.35. The fraction of sp³-hybridized carbons (Fsp3) is 0.941. The van der Waals surface area contributed by atoms with Gasteiger partial charge in [-0.15, -0.1) is 0 Å². The van der Waals surface area contributed by atoms with Crippen molar-refractivity contribution < 1.29 is 14.3 Å². The molecule has 2 unspecified atom stereocenters. The Morgan fingerprint density at radius 3 is 2.76 bits per heavy atom. The van der Waals surface area contributed by atoms with Crippen LogP contribution in [0.15, 0.2) is 0 Å². The van der Waals surface area contributed by atoms with Crippen LogP contribution in [0.1, 0.15) is 59.3 Å². The minimum absolute atomic E-state index is 0.0881. The maximum atomic E-state index is 12.3. The summed E-state index contributed by atoms with van der Waals surface area (Å²) in [6, 6.07) is 0. The molecule has 1 rings (SSSR count). The van der Waals surface area contributed by atoms with E-state index in [2.05, 4.69) is 19.2 Å². The molecule has 4 heteroatoms. The number of likely N-dealkylation sites (N-methyl/N-ethyl adjacent to an activating group) is 1. The molecule has 21 heavy (non-hydrogen) atoms. The van der Waals surface area contributed by atoms with Gasteiger partial charge in [0.1, 0.15) is 5.54 Å². The third-order valence-electron chi connectivity index (χ3n) is 4.59. The Kier molecular flexibility index (Phi) is 8.27. The van der Waals surface area contributed by atoms with E-state index in [1.165, 1.54) is 6.42 Å². The normalized spacial score (nSPS) is 25.5. The monoisotopic (exact) mass is 299 g/mol. The molecule has 1 saturated carbocycles. The SMILES string of the molecule is CCOC(=O)C1(NC)CCCC1CCOCCCC(C)C. The molecule has 0 saturated heterocycles. The molecule has 0 spiro atoms. The summed E-state index contributed by atoms with van der Waals surface area (Å²) in [6.45, 7) is 8.35. The summed E-state index contributed by atoms with van der Waals surface area (Å²) in [6.07, 6.45) is 6.30. The van der Waals surface area contributed by atoms with Crippen molar-refractivity contribution in [3.8, 4) is 0 Å². The van der Waals surface area contributed by atoms with Crippen molar-refractivity contribution in [1.82, 2.24) is 5.32 Å². The number of ether oxygens (including phenoxy) is 2. The van der Waals surface area contributed by atoms with Crippen LogP contribution in [0.3, 0.4) is 0 Å². The van der Waals surface area contributed by atoms with E-state index >= 15 is 0 Å². The molecule has 0 radical (unpaired) electrons. The van der Waals surface area contributed by atoms with E-state index in [-0.39, 0.29) is 5.97 Å². The van der Waals surface area contributed by atoms with E-state index < -0.39 is 5.54 Å². The molecule has 124 valence electrons. The predicted molar refractivity (Wildman–Crippen MR) is 85.3 cm³/mol. The molecule has 1 N–H and O–H groups in total. The van der Waals surface area contributed by atoms with E-state index in [9.17, 15) is 4.79 Å². The van der Waals surface area contributed by atoms with E-state index in [1.54, 1.807) is 0 Å². The zero-order chi connectivity index (χ0) is 15.7. The molecule has 1 fully saturated rings. The highest BCUT2D eigenvalue weighted by Gasteiger charge is 2.48. The molecule has 0 aliphatic heterocycles. The van der Waals surface area contributed by atoms with Crippen molar-refractivity contribution >= 4 is 5.97 Å². The van der Waals surface area contributed by atoms with Crippen molar-refractivity contribution in [2.75, 3.05) is 26.9 Å². The van der Waals surface area contributed by atoms with E-state index in [0.717, 1.165) is 51.2 Å². The molecular formula is C17H33NO3. The van der Waals surface area contributed by atoms with Crippen LogP contribution in [0.4, 0.5) is 0 Å². The van der Waals surface area contributed by atoms with Gasteiger partial charge < -0.3 is 14.8 Å². The topological polar surface area (TPSA) is 47.6 Å². The second-order valence-electron chi connectivity index (χ2n) is 6.47. The summed E-state index contributed by atoms with van der Waals surface area (Å²) >= 11 is 0. The number of carbonyl (C=O) groups is 1. The van der Waals surface area contributed by atoms with Crippen molar-refractivity contribution in [3.05, 3.63) is 0 Å². The number of esters is 1. The summed E-state index contributed by atoms with van der Waals surface area (Å²) in [4.78, 5) is 12.3. The van der Waals surface area contributed by atoms with E-state index in [1.807, 2.05) is 14.0 Å². The van der Waals surface area contributed by atoms with Gasteiger partial charge in [-0.2, -0.15) is 0 Å². The highest BCUT2D eigenvalue weighted by molar-refractivity contribution is 5.81. The Bertz CT molecular complexity index is 306. The van der Waals surface area contributed by atoms with Crippen LogP contribution in [0.25, 0.3) is 0 Å². The predicted octanol–water partition coefficient (Wildman–Crippen LogP) is 3.15. The Balaban J connectivity index is 2.36. The first-order valence-corrected chi connectivity index (χ1v) is 8.50. The Morgan fingerprint density at radius 1 is 1.38 bits per heavy atom. The summed E-state index contributed by atoms with van der Waals surface area (Å²) in [5, 5.41) is 3.25. The number of nitrogens with one attached hydrogen (secondary N) is 1. The first-order chi connectivity index (χ1) is 10.1. The van der Waals surface area contributed by atoms with Crippen LogP contribution in [0.2, 0.25) is 0 Å². The number of carbonyl (C=O) groups excluding carboxylic acids is 1. The fourth-order valence-electron chi connectivity index (χ4n) is 3.35. The zero-order valence-electron chi connectivity index (χ0n) is 14.2. The molecule has 4 nitrogen and oxygen atoms in total. The minimum atomic E-state index is -0.489. The van der Waals surface area contributed by atoms with Crippen LogP contribution in [0, 0.1) is 11.8 Å². The first-order valence-electron chi connectivity index (χ1n) is 8.50. The van der Waals surface area contributed by atoms with Gasteiger partial charge in [0.25, 0.3) is 0 Å². The van der Waals surface area contributed by atoms with Crippen LogP contribution in [-0.4, -0.2) is 38.4 Å². The van der Waals surface area contributed by atoms with Crippen molar-refractivity contribution in [2.24, 2.45) is 11.8 Å². The molecule has 0 aromatic heterocycles. The molecule has 1 aliphatic carbocycles. The zero-order valence-corrected chi connectivity index (χ0v) is 14.2. The maximum absolute atomic E-state index is 12.3. The second-order valence-corrected chi connectivity index (χ2v) is 6.47. The number of hydrogen-bond donors (Lipinski definition) is 1. The Hall–Kier alpha value is -0.610. The van der Waals surface area contributed by atoms with E-state index in [0.29, 0.717) is 12.5 Å². The summed E-state index contributed by atoms with van der Waals surface area (Å²) in [5.41, 5.74) is -0.489. The molecular weight excluding hydrogens is 266 g/mol. The average Bonchev–Trinajstić information content (AvgIpc) is 2.86. The minimum Gasteiger partial charge on any atom is -0.465 e. The van der Waals surface area contributed by atoms with Gasteiger partial charge in [0.15, 0.2) is 0 Å². The van der Waals surface area contributed by atoms with Crippen LogP contribution >= 0.6 is 0 Å². The smallest absolute Gasteiger partial charge is 0.326 e. The van der Waals surface area contributed by atoms with Crippen LogP contribution in [0.5, 0.6) is 0 Å². The summed E-state index contributed by atoms with van der Waals surface area (Å²) < 4.78 is 11.0. The number of hydrogen-bond acceptors (Lipinski definition) is 4. The molecule has 0 amide bonds. The van der Waals surface area contributed by atoms with Crippen LogP contribution in [-0.2, 0) is 14.3 Å². The van der Waals surface area contributed by atoms with Gasteiger partial charge in [0.2, 0.25) is 0 Å².